The molecule has 5 N–H and O–H groups in total. The Morgan fingerprint density at radius 2 is 1.79 bits per heavy atom. The number of carbonyl (C=O) groups excluding carboxylic acids is 1. The molecule has 42 heavy (non-hydrogen) atoms. The van der Waals surface area contributed by atoms with Gasteiger partial charge in [-0.05, 0) is 72.7 Å². The minimum absolute atomic E-state index is 0.0529. The lowest BCUT2D eigenvalue weighted by Crippen LogP contribution is -2.46. The third-order valence-corrected chi connectivity index (χ3v) is 8.89. The number of nitrogens with one attached hydrogen (secondary N) is 3. The summed E-state index contributed by atoms with van der Waals surface area (Å²) in [6.07, 6.45) is 5.85. The zero-order valence-electron chi connectivity index (χ0n) is 24.0. The van der Waals surface area contributed by atoms with E-state index in [4.69, 9.17) is 10.7 Å². The highest BCUT2D eigenvalue weighted by Crippen LogP contribution is 2.35. The molecule has 0 spiro atoms. The van der Waals surface area contributed by atoms with Gasteiger partial charge in [0.05, 0.1) is 41.0 Å². The molecular formula is C33H36FN7O. The number of aromatic amines is 2. The van der Waals surface area contributed by atoms with Gasteiger partial charge in [-0.15, -0.1) is 0 Å². The lowest BCUT2D eigenvalue weighted by molar-refractivity contribution is -0.134. The predicted molar refractivity (Wildman–Crippen MR) is 163 cm³/mol. The Balaban J connectivity index is 1.16. The van der Waals surface area contributed by atoms with E-state index in [0.717, 1.165) is 59.2 Å². The van der Waals surface area contributed by atoms with E-state index in [0.29, 0.717) is 35.0 Å². The number of likely N-dealkylation sites (tertiary alicyclic amines) is 1. The van der Waals surface area contributed by atoms with Gasteiger partial charge in [0.15, 0.2) is 0 Å². The average molecular weight is 566 g/mol. The highest BCUT2D eigenvalue weighted by molar-refractivity contribution is 5.92. The molecule has 0 bridgehead atoms. The van der Waals surface area contributed by atoms with Crippen molar-refractivity contribution in [2.75, 3.05) is 13.1 Å². The van der Waals surface area contributed by atoms with Gasteiger partial charge in [-0.3, -0.25) is 4.79 Å². The Morgan fingerprint density at radius 1 is 1.00 bits per heavy atom. The molecule has 2 fully saturated rings. The van der Waals surface area contributed by atoms with E-state index in [-0.39, 0.29) is 23.7 Å². The van der Waals surface area contributed by atoms with E-state index in [1.54, 1.807) is 6.07 Å². The van der Waals surface area contributed by atoms with E-state index in [1.807, 2.05) is 43.1 Å². The first-order chi connectivity index (χ1) is 20.4. The average Bonchev–Trinajstić information content (AvgIpc) is 3.81. The van der Waals surface area contributed by atoms with Crippen molar-refractivity contribution in [2.24, 2.45) is 11.7 Å². The van der Waals surface area contributed by atoms with Crippen LogP contribution in [-0.4, -0.2) is 49.9 Å². The van der Waals surface area contributed by atoms with Crippen LogP contribution in [0.5, 0.6) is 0 Å². The Morgan fingerprint density at radius 3 is 2.55 bits per heavy atom. The minimum atomic E-state index is -0.547. The summed E-state index contributed by atoms with van der Waals surface area (Å²) in [4.78, 5) is 31.1. The number of imidazole rings is 2. The molecule has 3 atom stereocenters. The molecule has 9 heteroatoms. The van der Waals surface area contributed by atoms with Crippen LogP contribution in [0.4, 0.5) is 4.39 Å². The van der Waals surface area contributed by atoms with E-state index in [2.05, 4.69) is 38.5 Å². The van der Waals surface area contributed by atoms with E-state index in [1.165, 1.54) is 12.5 Å². The number of rotatable bonds is 6. The fourth-order valence-corrected chi connectivity index (χ4v) is 6.38. The van der Waals surface area contributed by atoms with Crippen LogP contribution >= 0.6 is 0 Å². The number of H-pyrrole nitrogens is 2. The predicted octanol–water partition coefficient (Wildman–Crippen LogP) is 5.98. The maximum absolute atomic E-state index is 15.5. The Kier molecular flexibility index (Phi) is 6.79. The second kappa shape index (κ2) is 10.6. The third kappa shape index (κ3) is 4.76. The van der Waals surface area contributed by atoms with Gasteiger partial charge in [-0.25, -0.2) is 14.4 Å². The van der Waals surface area contributed by atoms with Crippen molar-refractivity contribution in [3.05, 3.63) is 72.2 Å². The van der Waals surface area contributed by atoms with Gasteiger partial charge in [-0.2, -0.15) is 0 Å². The van der Waals surface area contributed by atoms with Gasteiger partial charge >= 0.3 is 0 Å². The Hall–Kier alpha value is -4.08. The zero-order valence-corrected chi connectivity index (χ0v) is 24.0. The van der Waals surface area contributed by atoms with E-state index < -0.39 is 6.04 Å². The lowest BCUT2D eigenvalue weighted by atomic mass is 9.98. The smallest absolute Gasteiger partial charge is 0.240 e. The molecule has 4 heterocycles. The molecule has 1 amide bonds. The Labute approximate surface area is 243 Å². The first kappa shape index (κ1) is 26.8. The molecule has 2 saturated heterocycles. The number of amides is 1. The van der Waals surface area contributed by atoms with Gasteiger partial charge in [0.25, 0.3) is 0 Å². The maximum atomic E-state index is 15.5. The molecule has 2 aromatic heterocycles. The normalized spacial score (nSPS) is 19.9. The molecule has 5 aromatic rings. The molecule has 0 radical (unpaired) electrons. The van der Waals surface area contributed by atoms with Crippen LogP contribution in [-0.2, 0) is 4.79 Å². The molecule has 216 valence electrons. The highest BCUT2D eigenvalue weighted by Gasteiger charge is 2.35. The lowest BCUT2D eigenvalue weighted by Gasteiger charge is -2.27. The topological polar surface area (TPSA) is 116 Å². The summed E-state index contributed by atoms with van der Waals surface area (Å²) in [6.45, 7) is 5.59. The number of aromatic nitrogens is 4. The van der Waals surface area contributed by atoms with Gasteiger partial charge in [0.2, 0.25) is 5.91 Å². The molecule has 8 nitrogen and oxygen atoms in total. The highest BCUT2D eigenvalue weighted by atomic mass is 19.1. The van der Waals surface area contributed by atoms with E-state index >= 15 is 4.39 Å². The third-order valence-electron chi connectivity index (χ3n) is 8.89. The van der Waals surface area contributed by atoms with Crippen LogP contribution in [0, 0.1) is 11.7 Å². The first-order valence-corrected chi connectivity index (χ1v) is 14.9. The second-order valence-corrected chi connectivity index (χ2v) is 12.0. The number of nitrogens with two attached hydrogens (primary N) is 1. The summed E-state index contributed by atoms with van der Waals surface area (Å²) in [7, 11) is 0. The Bertz CT molecular complexity index is 1780. The van der Waals surface area contributed by atoms with Crippen LogP contribution in [0.15, 0.2) is 54.7 Å². The number of hydrogen-bond donors (Lipinski definition) is 4. The number of fused-ring (bicyclic) bond motifs is 2. The van der Waals surface area contributed by atoms with Crippen LogP contribution in [0.25, 0.3) is 44.2 Å². The fourth-order valence-electron chi connectivity index (χ4n) is 6.38. The number of halogens is 1. The van der Waals surface area contributed by atoms with Crippen LogP contribution in [0.2, 0.25) is 0 Å². The van der Waals surface area contributed by atoms with Crippen LogP contribution in [0.3, 0.4) is 0 Å². The number of benzene rings is 3. The van der Waals surface area contributed by atoms with Crippen molar-refractivity contribution in [2.45, 2.75) is 57.7 Å². The quantitative estimate of drug-likeness (QED) is 0.202. The maximum Gasteiger partial charge on any atom is 0.240 e. The molecule has 0 aliphatic carbocycles. The van der Waals surface area contributed by atoms with Gasteiger partial charge in [-0.1, -0.05) is 38.1 Å². The zero-order chi connectivity index (χ0) is 29.0. The number of hydrogen-bond acceptors (Lipinski definition) is 5. The SMILES string of the molecule is CC(C)[C@H](N)C(=O)N1CCC[C@H]1c1nc2cc(-c3ccc4cc(-c5cnc([C@@H]6CCCN6)[nH]5)ccc4c3)c(F)cc2[nH]1. The molecule has 2 aliphatic rings. The van der Waals surface area contributed by atoms with Crippen molar-refractivity contribution in [3.8, 4) is 22.4 Å². The van der Waals surface area contributed by atoms with Crippen molar-refractivity contribution in [3.63, 3.8) is 0 Å². The molecule has 0 unspecified atom stereocenters. The first-order valence-electron chi connectivity index (χ1n) is 14.9. The molecule has 2 aliphatic heterocycles. The van der Waals surface area contributed by atoms with Crippen LogP contribution in [0.1, 0.15) is 63.3 Å². The largest absolute Gasteiger partial charge is 0.341 e. The molecule has 7 rings (SSSR count). The second-order valence-electron chi connectivity index (χ2n) is 12.0. The van der Waals surface area contributed by atoms with Crippen molar-refractivity contribution in [1.29, 1.82) is 0 Å². The summed E-state index contributed by atoms with van der Waals surface area (Å²) in [5.41, 5.74) is 10.8. The van der Waals surface area contributed by atoms with Crippen molar-refractivity contribution in [1.82, 2.24) is 30.2 Å². The monoisotopic (exact) mass is 565 g/mol. The number of nitrogens with zero attached hydrogens (tertiary/aromatic N) is 3. The number of carbonyl (C=O) groups is 1. The standard InChI is InChI=1S/C33H36FN7O/c1-18(2)30(35)33(42)41-12-4-6-29(41)32-38-26-15-23(24(34)16-27(26)39-32)21-9-7-20-14-22(10-8-19(20)13-21)28-17-37-31(40-28)25-5-3-11-36-25/h7-10,13-18,25,29-30,36H,3-6,11-12,35H2,1-2H3,(H,37,40)(H,38,39)/t25-,29-,30-/m0/s1. The molecule has 0 saturated carbocycles. The van der Waals surface area contributed by atoms with Gasteiger partial charge in [0, 0.05) is 23.7 Å². The van der Waals surface area contributed by atoms with Crippen molar-refractivity contribution < 1.29 is 9.18 Å². The summed E-state index contributed by atoms with van der Waals surface area (Å²) < 4.78 is 15.5. The van der Waals surface area contributed by atoms with E-state index in [9.17, 15) is 4.79 Å². The van der Waals surface area contributed by atoms with Crippen LogP contribution < -0.4 is 11.1 Å². The summed E-state index contributed by atoms with van der Waals surface area (Å²) in [5.74, 6) is 1.34. The summed E-state index contributed by atoms with van der Waals surface area (Å²) in [6, 6.07) is 15.1. The summed E-state index contributed by atoms with van der Waals surface area (Å²) in [5, 5.41) is 5.58. The molecule has 3 aromatic carbocycles. The van der Waals surface area contributed by atoms with Gasteiger partial charge < -0.3 is 25.9 Å². The minimum Gasteiger partial charge on any atom is -0.341 e. The fraction of sp³-hybridized carbons (Fsp3) is 0.364. The molecular weight excluding hydrogens is 529 g/mol. The summed E-state index contributed by atoms with van der Waals surface area (Å²) >= 11 is 0. The van der Waals surface area contributed by atoms with Crippen molar-refractivity contribution >= 4 is 27.7 Å². The van der Waals surface area contributed by atoms with Gasteiger partial charge in [0.1, 0.15) is 17.5 Å².